The third kappa shape index (κ3) is 3.20. The Balaban J connectivity index is 1.40. The van der Waals surface area contributed by atoms with Crippen LogP contribution in [0.15, 0.2) is 60.2 Å². The fraction of sp³-hybridized carbons (Fsp3) is 0.188. The van der Waals surface area contributed by atoms with Crippen LogP contribution in [0.4, 0.5) is 0 Å². The van der Waals surface area contributed by atoms with Gasteiger partial charge < -0.3 is 9.97 Å². The van der Waals surface area contributed by atoms with Gasteiger partial charge in [-0.15, -0.1) is 11.3 Å². The van der Waals surface area contributed by atoms with E-state index in [1.807, 2.05) is 0 Å². The summed E-state index contributed by atoms with van der Waals surface area (Å²) in [6, 6.07) is 15.6. The fourth-order valence-electron chi connectivity index (χ4n) is 5.77. The summed E-state index contributed by atoms with van der Waals surface area (Å²) in [6.45, 7) is 8.66. The van der Waals surface area contributed by atoms with Crippen LogP contribution in [0.3, 0.4) is 0 Å². The van der Waals surface area contributed by atoms with E-state index in [4.69, 9.17) is 19.9 Å². The summed E-state index contributed by atoms with van der Waals surface area (Å²) in [4.78, 5) is 26.5. The number of hydrogen-bond acceptors (Lipinski definition) is 5. The Bertz CT molecular complexity index is 2250. The van der Waals surface area contributed by atoms with Crippen molar-refractivity contribution in [3.8, 4) is 11.1 Å². The van der Waals surface area contributed by atoms with Crippen molar-refractivity contribution < 1.29 is 0 Å². The Labute approximate surface area is 228 Å². The molecule has 0 saturated heterocycles. The van der Waals surface area contributed by atoms with E-state index in [1.54, 1.807) is 23.7 Å². The van der Waals surface area contributed by atoms with E-state index in [2.05, 4.69) is 85.5 Å². The maximum absolute atomic E-state index is 4.97. The predicted molar refractivity (Wildman–Crippen MR) is 163 cm³/mol. The van der Waals surface area contributed by atoms with E-state index in [9.17, 15) is 0 Å². The van der Waals surface area contributed by atoms with Crippen LogP contribution < -0.4 is 0 Å². The van der Waals surface area contributed by atoms with Gasteiger partial charge in [-0.1, -0.05) is 52.0 Å². The molecule has 7 heteroatoms. The first-order chi connectivity index (χ1) is 19.0. The summed E-state index contributed by atoms with van der Waals surface area (Å²) in [5.41, 5.74) is 8.13. The first kappa shape index (κ1) is 22.6. The van der Waals surface area contributed by atoms with Crippen LogP contribution in [0.1, 0.15) is 51.2 Å². The molecule has 2 N–H and O–H groups in total. The monoisotopic (exact) mass is 526 g/mol. The van der Waals surface area contributed by atoms with Gasteiger partial charge in [0.25, 0.3) is 0 Å². The number of aromatic nitrogens is 6. The van der Waals surface area contributed by atoms with Crippen molar-refractivity contribution in [3.05, 3.63) is 71.9 Å². The minimum Gasteiger partial charge on any atom is -0.341 e. The summed E-state index contributed by atoms with van der Waals surface area (Å²) in [6.07, 6.45) is 3.51. The summed E-state index contributed by atoms with van der Waals surface area (Å²) in [7, 11) is 0. The molecule has 4 aromatic carbocycles. The average molecular weight is 527 g/mol. The first-order valence-electron chi connectivity index (χ1n) is 13.4. The van der Waals surface area contributed by atoms with E-state index in [0.29, 0.717) is 11.8 Å². The fourth-order valence-corrected chi connectivity index (χ4v) is 6.69. The third-order valence-electron chi connectivity index (χ3n) is 7.79. The molecule has 0 fully saturated rings. The van der Waals surface area contributed by atoms with Crippen LogP contribution in [-0.4, -0.2) is 29.9 Å². The minimum absolute atomic E-state index is 0.295. The second-order valence-electron chi connectivity index (χ2n) is 10.9. The summed E-state index contributed by atoms with van der Waals surface area (Å²) < 4.78 is 1.28. The van der Waals surface area contributed by atoms with Gasteiger partial charge in [0.2, 0.25) is 0 Å². The number of thiophene rings is 1. The van der Waals surface area contributed by atoms with Crippen molar-refractivity contribution in [3.63, 3.8) is 0 Å². The zero-order valence-corrected chi connectivity index (χ0v) is 22.9. The van der Waals surface area contributed by atoms with Crippen LogP contribution in [0.2, 0.25) is 0 Å². The highest BCUT2D eigenvalue weighted by atomic mass is 32.1. The van der Waals surface area contributed by atoms with Gasteiger partial charge in [0.05, 0.1) is 22.1 Å². The number of nitrogens with one attached hydrogen (secondary N) is 2. The average Bonchev–Trinajstić information content (AvgIpc) is 3.71. The van der Waals surface area contributed by atoms with E-state index in [0.717, 1.165) is 61.1 Å². The number of aromatic amines is 2. The van der Waals surface area contributed by atoms with Crippen LogP contribution in [0, 0.1) is 0 Å². The second-order valence-corrected chi connectivity index (χ2v) is 11.9. The van der Waals surface area contributed by atoms with E-state index in [1.165, 1.54) is 26.4 Å². The molecule has 6 nitrogen and oxygen atoms in total. The molecule has 0 saturated carbocycles. The Kier molecular flexibility index (Phi) is 4.68. The lowest BCUT2D eigenvalue weighted by Gasteiger charge is -2.10. The van der Waals surface area contributed by atoms with Crippen molar-refractivity contribution in [2.75, 3.05) is 0 Å². The van der Waals surface area contributed by atoms with Gasteiger partial charge in [-0.3, -0.25) is 9.97 Å². The number of hydrogen-bond donors (Lipinski definition) is 2. The predicted octanol–water partition coefficient (Wildman–Crippen LogP) is 8.82. The largest absolute Gasteiger partial charge is 0.341 e. The Morgan fingerprint density at radius 1 is 0.590 bits per heavy atom. The van der Waals surface area contributed by atoms with Gasteiger partial charge in [0.1, 0.15) is 22.7 Å². The molecule has 39 heavy (non-hydrogen) atoms. The smallest absolute Gasteiger partial charge is 0.117 e. The molecular formula is C32H26N6S. The Hall–Kier alpha value is -4.36. The van der Waals surface area contributed by atoms with Crippen molar-refractivity contribution in [1.29, 1.82) is 0 Å². The van der Waals surface area contributed by atoms with Gasteiger partial charge in [-0.05, 0) is 34.7 Å². The van der Waals surface area contributed by atoms with Crippen molar-refractivity contribution >= 4 is 76.1 Å². The van der Waals surface area contributed by atoms with Gasteiger partial charge in [0.15, 0.2) is 0 Å². The van der Waals surface area contributed by atoms with Gasteiger partial charge in [-0.2, -0.15) is 0 Å². The molecule has 0 radical (unpaired) electrons. The molecule has 190 valence electrons. The summed E-state index contributed by atoms with van der Waals surface area (Å²) in [5.74, 6) is 2.63. The van der Waals surface area contributed by atoms with Gasteiger partial charge >= 0.3 is 0 Å². The van der Waals surface area contributed by atoms with Gasteiger partial charge in [-0.25, -0.2) is 9.97 Å². The third-order valence-corrected chi connectivity index (χ3v) is 8.74. The quantitative estimate of drug-likeness (QED) is 0.225. The lowest BCUT2D eigenvalue weighted by molar-refractivity contribution is 0.799. The van der Waals surface area contributed by atoms with Crippen LogP contribution >= 0.6 is 11.3 Å². The second kappa shape index (κ2) is 8.07. The van der Waals surface area contributed by atoms with Crippen LogP contribution in [0.25, 0.3) is 75.9 Å². The van der Waals surface area contributed by atoms with Crippen LogP contribution in [0.5, 0.6) is 0 Å². The lowest BCUT2D eigenvalue weighted by atomic mass is 9.96. The molecule has 8 aromatic rings. The highest BCUT2D eigenvalue weighted by molar-refractivity contribution is 7.18. The molecule has 4 heterocycles. The SMILES string of the molecule is CC(C)c1nc2c3ccsc3c3cc(-c4ccc5c(c4)c4nccnc4c4nc(C(C)C)[nH]c54)ccc3c2[nH]1. The van der Waals surface area contributed by atoms with Crippen molar-refractivity contribution in [2.45, 2.75) is 39.5 Å². The summed E-state index contributed by atoms with van der Waals surface area (Å²) >= 11 is 1.78. The normalized spacial score (nSPS) is 12.6. The van der Waals surface area contributed by atoms with E-state index >= 15 is 0 Å². The lowest BCUT2D eigenvalue weighted by Crippen LogP contribution is -1.89. The standard InChI is InChI=1S/C32H26N6S/c1-15(2)31-35-25-20-8-6-18(14-23(20)30-21(9-12-39-30)27(25)37-31)17-5-7-19-22(13-17)24-28(34-11-10-33-24)29-26(19)36-32(38-29)16(3)4/h5-16H,1-4H3,(H,35,37)(H,36,38). The summed E-state index contributed by atoms with van der Waals surface area (Å²) in [5, 5.41) is 8.03. The molecule has 0 aliphatic rings. The molecule has 0 aliphatic carbocycles. The molecule has 0 atom stereocenters. The number of imidazole rings is 2. The molecule has 0 aliphatic heterocycles. The first-order valence-corrected chi connectivity index (χ1v) is 14.2. The topological polar surface area (TPSA) is 83.1 Å². The minimum atomic E-state index is 0.295. The van der Waals surface area contributed by atoms with Crippen molar-refractivity contribution in [1.82, 2.24) is 29.9 Å². The molecular weight excluding hydrogens is 500 g/mol. The molecule has 0 amide bonds. The Morgan fingerprint density at radius 2 is 1.18 bits per heavy atom. The molecule has 0 bridgehead atoms. The van der Waals surface area contributed by atoms with E-state index < -0.39 is 0 Å². The van der Waals surface area contributed by atoms with Crippen LogP contribution in [-0.2, 0) is 0 Å². The maximum atomic E-state index is 4.97. The number of benzene rings is 4. The molecule has 0 unspecified atom stereocenters. The highest BCUT2D eigenvalue weighted by Gasteiger charge is 2.18. The Morgan fingerprint density at radius 3 is 1.87 bits per heavy atom. The van der Waals surface area contributed by atoms with Crippen molar-refractivity contribution in [2.24, 2.45) is 0 Å². The number of nitrogens with zero attached hydrogens (tertiary/aromatic N) is 4. The highest BCUT2D eigenvalue weighted by Crippen LogP contribution is 2.40. The molecule has 8 rings (SSSR count). The molecule has 4 aromatic heterocycles. The number of rotatable bonds is 3. The number of fused-ring (bicyclic) bond motifs is 12. The maximum Gasteiger partial charge on any atom is 0.117 e. The number of H-pyrrole nitrogens is 2. The molecule has 0 spiro atoms. The zero-order chi connectivity index (χ0) is 26.4. The van der Waals surface area contributed by atoms with Gasteiger partial charge in [0, 0.05) is 55.9 Å². The van der Waals surface area contributed by atoms with E-state index in [-0.39, 0.29) is 0 Å². The zero-order valence-electron chi connectivity index (χ0n) is 22.1.